The van der Waals surface area contributed by atoms with E-state index < -0.39 is 11.8 Å². The van der Waals surface area contributed by atoms with Gasteiger partial charge in [-0.1, -0.05) is 37.7 Å². The van der Waals surface area contributed by atoms with Gasteiger partial charge in [0, 0.05) is 68.2 Å². The monoisotopic (exact) mass is 463 g/mol. The Morgan fingerprint density at radius 3 is 2.82 bits per heavy atom. The van der Waals surface area contributed by atoms with Crippen molar-refractivity contribution in [1.82, 2.24) is 14.8 Å². The van der Waals surface area contributed by atoms with Crippen molar-refractivity contribution in [2.24, 2.45) is 0 Å². The number of piperidine rings is 1. The third-order valence-corrected chi connectivity index (χ3v) is 7.73. The molecule has 180 valence electrons. The van der Waals surface area contributed by atoms with Crippen LogP contribution in [0.25, 0.3) is 10.9 Å². The number of aliphatic hydroxyl groups excluding tert-OH is 1. The predicted molar refractivity (Wildman–Crippen MR) is 131 cm³/mol. The van der Waals surface area contributed by atoms with E-state index in [9.17, 15) is 9.90 Å². The molecule has 1 aromatic heterocycles. The number of carbonyl (C=O) groups is 1. The summed E-state index contributed by atoms with van der Waals surface area (Å²) in [4.78, 5) is 22.2. The molecule has 0 spiro atoms. The summed E-state index contributed by atoms with van der Waals surface area (Å²) in [5, 5.41) is 11.6. The quantitative estimate of drug-likeness (QED) is 0.674. The van der Waals surface area contributed by atoms with Gasteiger partial charge in [-0.15, -0.1) is 0 Å². The van der Waals surface area contributed by atoms with Crippen LogP contribution in [0.5, 0.6) is 0 Å². The van der Waals surface area contributed by atoms with Crippen molar-refractivity contribution in [2.75, 3.05) is 13.1 Å². The van der Waals surface area contributed by atoms with E-state index in [1.807, 2.05) is 17.0 Å². The number of pyridine rings is 1. The Morgan fingerprint density at radius 1 is 1.26 bits per heavy atom. The van der Waals surface area contributed by atoms with Gasteiger partial charge in [-0.3, -0.25) is 14.7 Å². The summed E-state index contributed by atoms with van der Waals surface area (Å²) < 4.78 is 15.1. The molecule has 2 atom stereocenters. The van der Waals surface area contributed by atoms with Crippen molar-refractivity contribution in [1.29, 1.82) is 0 Å². The number of carbonyl (C=O) groups excluding carboxylic acids is 1. The van der Waals surface area contributed by atoms with Crippen LogP contribution in [-0.2, 0) is 13.1 Å². The molecule has 34 heavy (non-hydrogen) atoms. The van der Waals surface area contributed by atoms with Crippen LogP contribution in [0.15, 0.2) is 24.4 Å². The number of rotatable bonds is 4. The van der Waals surface area contributed by atoms with E-state index >= 15 is 4.39 Å². The number of hydrogen-bond donors (Lipinski definition) is 1. The third kappa shape index (κ3) is 4.44. The first-order valence-corrected chi connectivity index (χ1v) is 12.8. The number of likely N-dealkylation sites (tertiary alicyclic amines) is 1. The highest BCUT2D eigenvalue weighted by molar-refractivity contribution is 6.04. The lowest BCUT2D eigenvalue weighted by Crippen LogP contribution is -2.45. The molecule has 0 bridgehead atoms. The Bertz CT molecular complexity index is 1130. The molecule has 2 aromatic rings. The van der Waals surface area contributed by atoms with E-state index in [-0.39, 0.29) is 11.9 Å². The smallest absolute Gasteiger partial charge is 0.254 e. The third-order valence-electron chi connectivity index (χ3n) is 7.73. The number of aromatic nitrogens is 1. The van der Waals surface area contributed by atoms with Crippen molar-refractivity contribution >= 4 is 16.8 Å². The normalized spacial score (nSPS) is 24.7. The second kappa shape index (κ2) is 9.64. The maximum Gasteiger partial charge on any atom is 0.254 e. The maximum absolute atomic E-state index is 15.1. The molecule has 3 heterocycles. The van der Waals surface area contributed by atoms with Crippen molar-refractivity contribution in [3.63, 3.8) is 0 Å². The Kier molecular flexibility index (Phi) is 6.59. The average molecular weight is 464 g/mol. The van der Waals surface area contributed by atoms with Gasteiger partial charge >= 0.3 is 0 Å². The first-order chi connectivity index (χ1) is 16.5. The molecule has 1 N–H and O–H groups in total. The fourth-order valence-electron chi connectivity index (χ4n) is 5.75. The van der Waals surface area contributed by atoms with Gasteiger partial charge in [0.1, 0.15) is 0 Å². The molecule has 2 aliphatic heterocycles. The van der Waals surface area contributed by atoms with E-state index in [1.165, 1.54) is 0 Å². The van der Waals surface area contributed by atoms with E-state index in [1.54, 1.807) is 6.20 Å². The van der Waals surface area contributed by atoms with Gasteiger partial charge < -0.3 is 10.0 Å². The molecule has 1 aromatic carbocycles. The number of halogens is 1. The number of alkyl halides is 1. The molecule has 6 heteroatoms. The molecular formula is C28H34FN3O2. The Morgan fingerprint density at radius 2 is 2.06 bits per heavy atom. The van der Waals surface area contributed by atoms with E-state index in [2.05, 4.69) is 34.7 Å². The van der Waals surface area contributed by atoms with Crippen LogP contribution in [0.2, 0.25) is 0 Å². The van der Waals surface area contributed by atoms with Gasteiger partial charge in [-0.2, -0.15) is 0 Å². The van der Waals surface area contributed by atoms with Crippen molar-refractivity contribution in [3.8, 4) is 11.8 Å². The van der Waals surface area contributed by atoms with Crippen molar-refractivity contribution in [3.05, 3.63) is 41.1 Å². The number of nitrogens with zero attached hydrogens (tertiary/aromatic N) is 3. The van der Waals surface area contributed by atoms with Crippen LogP contribution in [0.3, 0.4) is 0 Å². The van der Waals surface area contributed by atoms with E-state index in [0.29, 0.717) is 44.6 Å². The minimum Gasteiger partial charge on any atom is -0.391 e. The number of hydrogen-bond acceptors (Lipinski definition) is 4. The highest BCUT2D eigenvalue weighted by Gasteiger charge is 2.39. The molecule has 1 saturated heterocycles. The minimum atomic E-state index is -1.38. The average Bonchev–Trinajstić information content (AvgIpc) is 3.17. The Balaban J connectivity index is 1.38. The van der Waals surface area contributed by atoms with Gasteiger partial charge in [-0.25, -0.2) is 4.39 Å². The molecule has 0 unspecified atom stereocenters. The van der Waals surface area contributed by atoms with Crippen LogP contribution in [0.4, 0.5) is 4.39 Å². The van der Waals surface area contributed by atoms with Gasteiger partial charge in [0.05, 0.1) is 17.7 Å². The van der Waals surface area contributed by atoms with Gasteiger partial charge in [-0.05, 0) is 37.0 Å². The number of fused-ring (bicyclic) bond motifs is 3. The zero-order chi connectivity index (χ0) is 23.7. The molecular weight excluding hydrogens is 429 g/mol. The molecule has 1 saturated carbocycles. The largest absolute Gasteiger partial charge is 0.391 e. The van der Waals surface area contributed by atoms with Crippen LogP contribution in [0, 0.1) is 11.8 Å². The first kappa shape index (κ1) is 23.3. The number of aliphatic hydroxyl groups is 1. The summed E-state index contributed by atoms with van der Waals surface area (Å²) in [6.45, 7) is 4.51. The lowest BCUT2D eigenvalue weighted by atomic mass is 9.91. The summed E-state index contributed by atoms with van der Waals surface area (Å²) in [5.74, 6) is 5.86. The lowest BCUT2D eigenvalue weighted by molar-refractivity contribution is 0.0192. The summed E-state index contributed by atoms with van der Waals surface area (Å²) in [6, 6.07) is 5.91. The highest BCUT2D eigenvalue weighted by Crippen LogP contribution is 2.36. The summed E-state index contributed by atoms with van der Waals surface area (Å²) in [7, 11) is 0. The Hall–Kier alpha value is -2.49. The first-order valence-electron chi connectivity index (χ1n) is 12.8. The summed E-state index contributed by atoms with van der Waals surface area (Å²) >= 11 is 0. The van der Waals surface area contributed by atoms with Gasteiger partial charge in [0.15, 0.2) is 5.67 Å². The van der Waals surface area contributed by atoms with Crippen LogP contribution >= 0.6 is 0 Å². The standard InChI is InChI=1S/C28H34FN3O2/c1-2-3-6-11-28(29)12-15-31(16-13-28)18-20-17-22-23(26-21(20)8-7-14-30-26)19-32(27(22)34)24-9-4-5-10-25(24)33/h7-8,14,17,24-25,33H,2-5,9-10,12-13,15-16,18-19H2,1H3/t24-,25-/m0/s1. The molecule has 0 radical (unpaired) electrons. The fourth-order valence-corrected chi connectivity index (χ4v) is 5.75. The molecule has 1 amide bonds. The van der Waals surface area contributed by atoms with E-state index in [0.717, 1.165) is 60.6 Å². The zero-order valence-electron chi connectivity index (χ0n) is 20.0. The van der Waals surface area contributed by atoms with Crippen molar-refractivity contribution in [2.45, 2.75) is 89.2 Å². The molecule has 2 fully saturated rings. The molecule has 5 nitrogen and oxygen atoms in total. The van der Waals surface area contributed by atoms with Crippen LogP contribution < -0.4 is 0 Å². The SMILES string of the molecule is CCCC#CC1(F)CCN(Cc2cc3c(c4ncccc24)CN([C@H]2CCCC[C@@H]2O)C3=O)CC1. The zero-order valence-corrected chi connectivity index (χ0v) is 20.0. The fraction of sp³-hybridized carbons (Fsp3) is 0.571. The van der Waals surface area contributed by atoms with Crippen molar-refractivity contribution < 1.29 is 14.3 Å². The van der Waals surface area contributed by atoms with Gasteiger partial charge in [0.25, 0.3) is 5.91 Å². The topological polar surface area (TPSA) is 56.7 Å². The molecule has 1 aliphatic carbocycles. The highest BCUT2D eigenvalue weighted by atomic mass is 19.1. The van der Waals surface area contributed by atoms with Crippen LogP contribution in [0.1, 0.15) is 79.8 Å². The van der Waals surface area contributed by atoms with Gasteiger partial charge in [0.2, 0.25) is 0 Å². The second-order valence-electron chi connectivity index (χ2n) is 10.1. The number of amides is 1. The molecule has 5 rings (SSSR count). The minimum absolute atomic E-state index is 0.00220. The summed E-state index contributed by atoms with van der Waals surface area (Å²) in [5.41, 5.74) is 2.23. The lowest BCUT2D eigenvalue weighted by Gasteiger charge is -2.35. The number of unbranched alkanes of at least 4 members (excludes halogenated alkanes) is 1. The Labute approximate surface area is 201 Å². The van der Waals surface area contributed by atoms with Crippen LogP contribution in [-0.4, -0.2) is 56.7 Å². The van der Waals surface area contributed by atoms with E-state index in [4.69, 9.17) is 0 Å². The summed E-state index contributed by atoms with van der Waals surface area (Å²) in [6.07, 6.45) is 7.50. The second-order valence-corrected chi connectivity index (χ2v) is 10.1. The predicted octanol–water partition coefficient (Wildman–Crippen LogP) is 4.60. The molecule has 3 aliphatic rings. The number of benzene rings is 1. The maximum atomic E-state index is 15.1.